The lowest BCUT2D eigenvalue weighted by molar-refractivity contribution is -0.119. The van der Waals surface area contributed by atoms with E-state index >= 15 is 0 Å². The Balaban J connectivity index is 1.68. The maximum atomic E-state index is 12.0. The van der Waals surface area contributed by atoms with Crippen LogP contribution in [-0.4, -0.2) is 35.8 Å². The second-order valence-corrected chi connectivity index (χ2v) is 7.80. The molecule has 2 aromatic rings. The van der Waals surface area contributed by atoms with Crippen molar-refractivity contribution in [2.45, 2.75) is 6.42 Å². The molecule has 2 aromatic heterocycles. The number of aromatic amines is 1. The maximum Gasteiger partial charge on any atom is 0.230 e. The fraction of sp³-hybridized carbons (Fsp3) is 0.333. The van der Waals surface area contributed by atoms with Gasteiger partial charge in [-0.15, -0.1) is 11.3 Å². The summed E-state index contributed by atoms with van der Waals surface area (Å²) < 4.78 is 22.7. The molecule has 8 heteroatoms. The Hall–Kier alpha value is -1.67. The van der Waals surface area contributed by atoms with Gasteiger partial charge in [0.2, 0.25) is 5.91 Å². The summed E-state index contributed by atoms with van der Waals surface area (Å²) in [4.78, 5) is 19.3. The first kappa shape index (κ1) is 13.3. The van der Waals surface area contributed by atoms with Crippen molar-refractivity contribution in [2.75, 3.05) is 16.8 Å². The van der Waals surface area contributed by atoms with E-state index in [1.807, 2.05) is 17.5 Å². The fourth-order valence-corrected chi connectivity index (χ4v) is 4.61. The van der Waals surface area contributed by atoms with Crippen LogP contribution in [0.15, 0.2) is 23.7 Å². The van der Waals surface area contributed by atoms with E-state index < -0.39 is 15.8 Å². The van der Waals surface area contributed by atoms with Gasteiger partial charge in [-0.2, -0.15) is 0 Å². The van der Waals surface area contributed by atoms with Crippen LogP contribution in [-0.2, 0) is 14.6 Å². The summed E-state index contributed by atoms with van der Waals surface area (Å²) in [6, 6.07) is 3.76. The van der Waals surface area contributed by atoms with E-state index in [0.717, 1.165) is 11.4 Å². The van der Waals surface area contributed by atoms with Crippen LogP contribution >= 0.6 is 11.3 Å². The number of carbonyl (C=O) groups excluding carboxylic acids is 1. The number of sulfone groups is 1. The normalized spacial score (nSPS) is 20.9. The predicted molar refractivity (Wildman–Crippen MR) is 77.3 cm³/mol. The highest BCUT2D eigenvalue weighted by Crippen LogP contribution is 2.25. The van der Waals surface area contributed by atoms with E-state index in [4.69, 9.17) is 0 Å². The molecule has 1 saturated heterocycles. The van der Waals surface area contributed by atoms with Crippen molar-refractivity contribution in [1.29, 1.82) is 0 Å². The van der Waals surface area contributed by atoms with E-state index in [1.165, 1.54) is 11.3 Å². The van der Waals surface area contributed by atoms with Crippen LogP contribution in [0.3, 0.4) is 0 Å². The number of amides is 1. The molecule has 0 bridgehead atoms. The molecule has 0 spiro atoms. The summed E-state index contributed by atoms with van der Waals surface area (Å²) in [7, 11) is -3.05. The monoisotopic (exact) mass is 311 g/mol. The Morgan fingerprint density at radius 3 is 3.00 bits per heavy atom. The highest BCUT2D eigenvalue weighted by atomic mass is 32.2. The molecule has 0 aromatic carbocycles. The van der Waals surface area contributed by atoms with Gasteiger partial charge in [0.05, 0.1) is 28.8 Å². The third-order valence-electron chi connectivity index (χ3n) is 3.21. The standard InChI is InChI=1S/C12H13N3O3S2/c16-11(8-3-5-20(17,18)7-8)15-12-14-10(6-19-12)9-2-1-4-13-9/h1-2,4,6,8,13H,3,5,7H2,(H,14,15,16)/t8-/m1/s1. The number of rotatable bonds is 3. The summed E-state index contributed by atoms with van der Waals surface area (Å²) >= 11 is 1.32. The Bertz CT molecular complexity index is 719. The first-order valence-corrected chi connectivity index (χ1v) is 8.84. The lowest BCUT2D eigenvalue weighted by Crippen LogP contribution is -2.23. The van der Waals surface area contributed by atoms with Gasteiger partial charge >= 0.3 is 0 Å². The van der Waals surface area contributed by atoms with Crippen LogP contribution in [0.1, 0.15) is 6.42 Å². The SMILES string of the molecule is O=C(Nc1nc(-c2ccc[nH]2)cs1)[C@@H]1CCS(=O)(=O)C1. The van der Waals surface area contributed by atoms with Crippen LogP contribution in [0.2, 0.25) is 0 Å². The van der Waals surface area contributed by atoms with Gasteiger partial charge in [0, 0.05) is 11.6 Å². The van der Waals surface area contributed by atoms with E-state index in [2.05, 4.69) is 15.3 Å². The third-order valence-corrected chi connectivity index (χ3v) is 5.74. The zero-order valence-corrected chi connectivity index (χ0v) is 12.1. The number of thiazole rings is 1. The molecule has 20 heavy (non-hydrogen) atoms. The van der Waals surface area contributed by atoms with Crippen LogP contribution < -0.4 is 5.32 Å². The number of aromatic nitrogens is 2. The third kappa shape index (κ3) is 2.75. The first-order valence-electron chi connectivity index (χ1n) is 6.14. The highest BCUT2D eigenvalue weighted by molar-refractivity contribution is 7.91. The molecule has 0 saturated carbocycles. The number of anilines is 1. The summed E-state index contributed by atoms with van der Waals surface area (Å²) in [5.41, 5.74) is 1.64. The van der Waals surface area contributed by atoms with Gasteiger partial charge in [-0.1, -0.05) is 0 Å². The average Bonchev–Trinajstić information content (AvgIpc) is 3.07. The zero-order valence-electron chi connectivity index (χ0n) is 10.5. The van der Waals surface area contributed by atoms with Gasteiger partial charge in [-0.05, 0) is 18.6 Å². The van der Waals surface area contributed by atoms with Crippen molar-refractivity contribution in [3.63, 3.8) is 0 Å². The minimum absolute atomic E-state index is 0.0618. The van der Waals surface area contributed by atoms with Gasteiger partial charge in [-0.25, -0.2) is 13.4 Å². The molecule has 0 unspecified atom stereocenters. The number of hydrogen-bond acceptors (Lipinski definition) is 5. The molecule has 1 atom stereocenters. The first-order chi connectivity index (χ1) is 9.53. The van der Waals surface area contributed by atoms with E-state index in [1.54, 1.807) is 6.20 Å². The van der Waals surface area contributed by atoms with Gasteiger partial charge in [-0.3, -0.25) is 4.79 Å². The summed E-state index contributed by atoms with van der Waals surface area (Å²) in [5, 5.41) is 5.02. The molecule has 2 N–H and O–H groups in total. The van der Waals surface area contributed by atoms with Crippen molar-refractivity contribution in [1.82, 2.24) is 9.97 Å². The van der Waals surface area contributed by atoms with Crippen LogP contribution in [0.5, 0.6) is 0 Å². The van der Waals surface area contributed by atoms with Gasteiger partial charge in [0.25, 0.3) is 0 Å². The molecule has 106 valence electrons. The van der Waals surface area contributed by atoms with Crippen molar-refractivity contribution in [3.8, 4) is 11.4 Å². The van der Waals surface area contributed by atoms with Gasteiger partial charge in [0.1, 0.15) is 0 Å². The molecular formula is C12H13N3O3S2. The Labute approximate surface area is 120 Å². The Morgan fingerprint density at radius 1 is 1.50 bits per heavy atom. The summed E-state index contributed by atoms with van der Waals surface area (Å²) in [6.07, 6.45) is 2.19. The van der Waals surface area contributed by atoms with E-state index in [9.17, 15) is 13.2 Å². The molecule has 0 aliphatic carbocycles. The topological polar surface area (TPSA) is 91.9 Å². The molecule has 3 heterocycles. The van der Waals surface area contributed by atoms with Crippen LogP contribution in [0.4, 0.5) is 5.13 Å². The van der Waals surface area contributed by atoms with Gasteiger partial charge in [0.15, 0.2) is 15.0 Å². The molecule has 1 amide bonds. The molecule has 0 radical (unpaired) electrons. The molecule has 3 rings (SSSR count). The maximum absolute atomic E-state index is 12.0. The van der Waals surface area contributed by atoms with E-state index in [0.29, 0.717) is 11.6 Å². The average molecular weight is 311 g/mol. The number of nitrogens with zero attached hydrogens (tertiary/aromatic N) is 1. The van der Waals surface area contributed by atoms with E-state index in [-0.39, 0.29) is 17.4 Å². The minimum Gasteiger partial charge on any atom is -0.360 e. The fourth-order valence-electron chi connectivity index (χ4n) is 2.15. The summed E-state index contributed by atoms with van der Waals surface area (Å²) in [6.45, 7) is 0. The quantitative estimate of drug-likeness (QED) is 0.898. The molecule has 1 fully saturated rings. The molecule has 6 nitrogen and oxygen atoms in total. The number of carbonyl (C=O) groups is 1. The molecule has 1 aliphatic heterocycles. The van der Waals surface area contributed by atoms with Crippen molar-refractivity contribution in [3.05, 3.63) is 23.7 Å². The second kappa shape index (κ2) is 5.02. The second-order valence-electron chi connectivity index (χ2n) is 4.71. The highest BCUT2D eigenvalue weighted by Gasteiger charge is 2.33. The largest absolute Gasteiger partial charge is 0.360 e. The van der Waals surface area contributed by atoms with Crippen LogP contribution in [0.25, 0.3) is 11.4 Å². The molecular weight excluding hydrogens is 298 g/mol. The Kier molecular flexibility index (Phi) is 3.35. The van der Waals surface area contributed by atoms with Gasteiger partial charge < -0.3 is 10.3 Å². The van der Waals surface area contributed by atoms with Crippen molar-refractivity contribution in [2.24, 2.45) is 5.92 Å². The minimum atomic E-state index is -3.05. The molecule has 1 aliphatic rings. The lowest BCUT2D eigenvalue weighted by Gasteiger charge is -2.06. The number of H-pyrrole nitrogens is 1. The lowest BCUT2D eigenvalue weighted by atomic mass is 10.1. The predicted octanol–water partition coefficient (Wildman–Crippen LogP) is 1.51. The van der Waals surface area contributed by atoms with Crippen LogP contribution in [0, 0.1) is 5.92 Å². The van der Waals surface area contributed by atoms with Crippen molar-refractivity contribution < 1.29 is 13.2 Å². The summed E-state index contributed by atoms with van der Waals surface area (Å²) in [5.74, 6) is -0.694. The van der Waals surface area contributed by atoms with Crippen molar-refractivity contribution >= 4 is 32.2 Å². The zero-order chi connectivity index (χ0) is 14.2. The number of hydrogen-bond donors (Lipinski definition) is 2. The Morgan fingerprint density at radius 2 is 2.35 bits per heavy atom. The number of nitrogens with one attached hydrogen (secondary N) is 2. The smallest absolute Gasteiger partial charge is 0.230 e.